The molecule has 0 saturated carbocycles. The van der Waals surface area contributed by atoms with Gasteiger partial charge in [0.1, 0.15) is 6.04 Å². The summed E-state index contributed by atoms with van der Waals surface area (Å²) in [7, 11) is 0. The van der Waals surface area contributed by atoms with E-state index in [1.54, 1.807) is 4.90 Å². The summed E-state index contributed by atoms with van der Waals surface area (Å²) in [5.74, 6) is 0.0541. The number of ether oxygens (including phenoxy) is 1. The van der Waals surface area contributed by atoms with Crippen molar-refractivity contribution in [2.75, 3.05) is 39.4 Å². The number of carbonyl (C=O) groups excluding carboxylic acids is 3. The predicted molar refractivity (Wildman–Crippen MR) is 95.1 cm³/mol. The number of nitrogens with one attached hydrogen (secondary N) is 3. The van der Waals surface area contributed by atoms with E-state index >= 15 is 0 Å². The Balaban J connectivity index is 2.43. The van der Waals surface area contributed by atoms with Crippen LogP contribution in [0.4, 0.5) is 4.79 Å². The molecule has 1 atom stereocenters. The summed E-state index contributed by atoms with van der Waals surface area (Å²) in [5, 5.41) is 8.37. The molecule has 8 nitrogen and oxygen atoms in total. The van der Waals surface area contributed by atoms with Crippen LogP contribution in [0.15, 0.2) is 0 Å². The van der Waals surface area contributed by atoms with E-state index in [1.165, 1.54) is 0 Å². The van der Waals surface area contributed by atoms with Crippen molar-refractivity contribution in [3.63, 3.8) is 0 Å². The van der Waals surface area contributed by atoms with Crippen molar-refractivity contribution in [2.24, 2.45) is 5.92 Å². The van der Waals surface area contributed by atoms with Gasteiger partial charge in [0, 0.05) is 32.6 Å². The lowest BCUT2D eigenvalue weighted by Crippen LogP contribution is -2.53. The first-order valence-corrected chi connectivity index (χ1v) is 9.11. The van der Waals surface area contributed by atoms with Crippen LogP contribution < -0.4 is 16.0 Å². The van der Waals surface area contributed by atoms with Crippen molar-refractivity contribution < 1.29 is 19.1 Å². The molecule has 1 fully saturated rings. The summed E-state index contributed by atoms with van der Waals surface area (Å²) in [5.41, 5.74) is 0. The van der Waals surface area contributed by atoms with Gasteiger partial charge in [0.2, 0.25) is 11.8 Å². The fourth-order valence-electron chi connectivity index (χ4n) is 2.58. The number of rotatable bonds is 9. The molecule has 1 heterocycles. The molecule has 4 amide bonds. The minimum Gasteiger partial charge on any atom is -0.378 e. The molecular formula is C17H32N4O4. The summed E-state index contributed by atoms with van der Waals surface area (Å²) in [4.78, 5) is 37.8. The Morgan fingerprint density at radius 2 is 1.80 bits per heavy atom. The number of hydrogen-bond donors (Lipinski definition) is 3. The summed E-state index contributed by atoms with van der Waals surface area (Å²) < 4.78 is 5.24. The van der Waals surface area contributed by atoms with Gasteiger partial charge in [-0.05, 0) is 25.7 Å². The van der Waals surface area contributed by atoms with Crippen LogP contribution in [0.2, 0.25) is 0 Å². The third-order valence-electron chi connectivity index (χ3n) is 3.87. The van der Waals surface area contributed by atoms with Crippen LogP contribution in [-0.4, -0.2) is 68.2 Å². The van der Waals surface area contributed by atoms with Crippen LogP contribution in [0.1, 0.15) is 40.0 Å². The number of nitrogens with zero attached hydrogens (tertiary/aromatic N) is 1. The van der Waals surface area contributed by atoms with E-state index in [2.05, 4.69) is 16.0 Å². The SMILES string of the molecule is CCNC(=O)CCCNC(=O)[C@H](CC(C)C)NC(=O)N1CCOCC1. The van der Waals surface area contributed by atoms with Crippen LogP contribution in [0.3, 0.4) is 0 Å². The van der Waals surface area contributed by atoms with E-state index in [0.717, 1.165) is 0 Å². The molecule has 1 aliphatic rings. The smallest absolute Gasteiger partial charge is 0.318 e. The van der Waals surface area contributed by atoms with Gasteiger partial charge in [-0.25, -0.2) is 4.79 Å². The quantitative estimate of drug-likeness (QED) is 0.523. The van der Waals surface area contributed by atoms with Gasteiger partial charge >= 0.3 is 6.03 Å². The Morgan fingerprint density at radius 1 is 1.12 bits per heavy atom. The highest BCUT2D eigenvalue weighted by molar-refractivity contribution is 5.87. The molecule has 3 N–H and O–H groups in total. The largest absolute Gasteiger partial charge is 0.378 e. The summed E-state index contributed by atoms with van der Waals surface area (Å²) in [6.45, 7) is 9.03. The minimum atomic E-state index is -0.570. The van der Waals surface area contributed by atoms with Crippen molar-refractivity contribution in [3.05, 3.63) is 0 Å². The summed E-state index contributed by atoms with van der Waals surface area (Å²) >= 11 is 0. The highest BCUT2D eigenvalue weighted by atomic mass is 16.5. The molecule has 0 unspecified atom stereocenters. The zero-order chi connectivity index (χ0) is 18.7. The second-order valence-electron chi connectivity index (χ2n) is 6.58. The Morgan fingerprint density at radius 3 is 2.40 bits per heavy atom. The first-order chi connectivity index (χ1) is 11.9. The lowest BCUT2D eigenvalue weighted by molar-refractivity contribution is -0.124. The van der Waals surface area contributed by atoms with Gasteiger partial charge in [-0.3, -0.25) is 9.59 Å². The second-order valence-corrected chi connectivity index (χ2v) is 6.58. The maximum Gasteiger partial charge on any atom is 0.318 e. The molecule has 0 radical (unpaired) electrons. The third kappa shape index (κ3) is 8.72. The first-order valence-electron chi connectivity index (χ1n) is 9.11. The highest BCUT2D eigenvalue weighted by Crippen LogP contribution is 2.07. The van der Waals surface area contributed by atoms with Gasteiger partial charge in [-0.2, -0.15) is 0 Å². The van der Waals surface area contributed by atoms with E-state index in [0.29, 0.717) is 58.7 Å². The zero-order valence-corrected chi connectivity index (χ0v) is 15.6. The van der Waals surface area contributed by atoms with Crippen molar-refractivity contribution in [1.29, 1.82) is 0 Å². The molecule has 0 aromatic rings. The summed E-state index contributed by atoms with van der Waals surface area (Å²) in [6, 6.07) is -0.800. The standard InChI is InChI=1S/C17H32N4O4/c1-4-18-15(22)6-5-7-19-16(23)14(12-13(2)3)20-17(24)21-8-10-25-11-9-21/h13-14H,4-12H2,1-3H3,(H,18,22)(H,19,23)(H,20,24)/t14-/m0/s1. The Hall–Kier alpha value is -1.83. The molecule has 0 bridgehead atoms. The molecular weight excluding hydrogens is 324 g/mol. The molecule has 0 spiro atoms. The van der Waals surface area contributed by atoms with Crippen LogP contribution in [0, 0.1) is 5.92 Å². The molecule has 1 aliphatic heterocycles. The predicted octanol–water partition coefficient (Wildman–Crippen LogP) is 0.475. The molecule has 1 rings (SSSR count). The first kappa shape index (κ1) is 21.2. The van der Waals surface area contributed by atoms with Crippen molar-refractivity contribution >= 4 is 17.8 Å². The Labute approximate surface area is 150 Å². The van der Waals surface area contributed by atoms with Crippen LogP contribution >= 0.6 is 0 Å². The van der Waals surface area contributed by atoms with E-state index in [-0.39, 0.29) is 23.8 Å². The molecule has 0 aromatic carbocycles. The molecule has 1 saturated heterocycles. The van der Waals surface area contributed by atoms with Gasteiger partial charge in [0.05, 0.1) is 13.2 Å². The van der Waals surface area contributed by atoms with Crippen molar-refractivity contribution in [2.45, 2.75) is 46.1 Å². The lowest BCUT2D eigenvalue weighted by Gasteiger charge is -2.29. The molecule has 25 heavy (non-hydrogen) atoms. The number of morpholine rings is 1. The zero-order valence-electron chi connectivity index (χ0n) is 15.6. The monoisotopic (exact) mass is 356 g/mol. The van der Waals surface area contributed by atoms with E-state index in [1.807, 2.05) is 20.8 Å². The van der Waals surface area contributed by atoms with Gasteiger partial charge in [-0.15, -0.1) is 0 Å². The van der Waals surface area contributed by atoms with Gasteiger partial charge in [0.15, 0.2) is 0 Å². The fraction of sp³-hybridized carbons (Fsp3) is 0.824. The van der Waals surface area contributed by atoms with Gasteiger partial charge in [0.25, 0.3) is 0 Å². The van der Waals surface area contributed by atoms with Crippen LogP contribution in [0.25, 0.3) is 0 Å². The Kier molecular flexibility index (Phi) is 9.91. The number of urea groups is 1. The molecule has 144 valence electrons. The Bertz CT molecular complexity index is 436. The normalized spacial score (nSPS) is 15.6. The number of amides is 4. The number of carbonyl (C=O) groups is 3. The molecule has 8 heteroatoms. The fourth-order valence-corrected chi connectivity index (χ4v) is 2.58. The van der Waals surface area contributed by atoms with E-state index in [9.17, 15) is 14.4 Å². The molecule has 0 aromatic heterocycles. The third-order valence-corrected chi connectivity index (χ3v) is 3.87. The van der Waals surface area contributed by atoms with Gasteiger partial charge < -0.3 is 25.6 Å². The number of hydrogen-bond acceptors (Lipinski definition) is 4. The van der Waals surface area contributed by atoms with Crippen LogP contribution in [0.5, 0.6) is 0 Å². The van der Waals surface area contributed by atoms with Crippen molar-refractivity contribution in [3.8, 4) is 0 Å². The molecule has 0 aliphatic carbocycles. The second kappa shape index (κ2) is 11.7. The van der Waals surface area contributed by atoms with E-state index < -0.39 is 6.04 Å². The van der Waals surface area contributed by atoms with E-state index in [4.69, 9.17) is 4.74 Å². The highest BCUT2D eigenvalue weighted by Gasteiger charge is 2.25. The van der Waals surface area contributed by atoms with Gasteiger partial charge in [-0.1, -0.05) is 13.8 Å². The average molecular weight is 356 g/mol. The lowest BCUT2D eigenvalue weighted by atomic mass is 10.0. The maximum absolute atomic E-state index is 12.4. The van der Waals surface area contributed by atoms with Crippen molar-refractivity contribution in [1.82, 2.24) is 20.9 Å². The topological polar surface area (TPSA) is 99.8 Å². The minimum absolute atomic E-state index is 0.0175. The average Bonchev–Trinajstić information content (AvgIpc) is 2.58. The maximum atomic E-state index is 12.4. The van der Waals surface area contributed by atoms with Crippen LogP contribution in [-0.2, 0) is 14.3 Å². The summed E-state index contributed by atoms with van der Waals surface area (Å²) in [6.07, 6.45) is 1.52.